The summed E-state index contributed by atoms with van der Waals surface area (Å²) in [5.41, 5.74) is 1.39. The first-order chi connectivity index (χ1) is 15.1. The third-order valence-electron chi connectivity index (χ3n) is 4.92. The Bertz CT molecular complexity index is 1170. The van der Waals surface area contributed by atoms with E-state index in [1.54, 1.807) is 6.20 Å². The number of carboxylic acids is 1. The molecule has 0 saturated heterocycles. The summed E-state index contributed by atoms with van der Waals surface area (Å²) < 4.78 is 12.7. The van der Waals surface area contributed by atoms with Crippen LogP contribution in [0.1, 0.15) is 44.1 Å². The Balaban J connectivity index is 1.55. The summed E-state index contributed by atoms with van der Waals surface area (Å²) in [6.07, 6.45) is 5.66. The number of anilines is 1. The largest absolute Gasteiger partial charge is 0.476 e. The highest BCUT2D eigenvalue weighted by Gasteiger charge is 2.33. The molecule has 12 heteroatoms. The lowest BCUT2D eigenvalue weighted by molar-refractivity contribution is 0.0475. The Morgan fingerprint density at radius 1 is 1.34 bits per heavy atom. The molecule has 4 rings (SSSR count). The molecule has 0 radical (unpaired) electrons. The highest BCUT2D eigenvalue weighted by Crippen LogP contribution is 2.38. The Morgan fingerprint density at radius 3 is 2.72 bits per heavy atom. The van der Waals surface area contributed by atoms with Crippen molar-refractivity contribution in [2.24, 2.45) is 0 Å². The maximum absolute atomic E-state index is 12.0. The van der Waals surface area contributed by atoms with Gasteiger partial charge in [-0.25, -0.2) is 19.6 Å². The van der Waals surface area contributed by atoms with Crippen LogP contribution in [0.3, 0.4) is 0 Å². The zero-order valence-electron chi connectivity index (χ0n) is 17.6. The van der Waals surface area contributed by atoms with Gasteiger partial charge in [0, 0.05) is 60.2 Å². The van der Waals surface area contributed by atoms with Gasteiger partial charge in [-0.2, -0.15) is 0 Å². The predicted octanol–water partition coefficient (Wildman–Crippen LogP) is 4.70. The van der Waals surface area contributed by atoms with Crippen LogP contribution in [0.15, 0.2) is 29.1 Å². The van der Waals surface area contributed by atoms with Gasteiger partial charge < -0.3 is 24.9 Å². The molecular weight excluding hydrogens is 549 g/mol. The van der Waals surface area contributed by atoms with Crippen LogP contribution in [0.4, 0.5) is 10.5 Å². The van der Waals surface area contributed by atoms with Gasteiger partial charge in [-0.05, 0) is 39.7 Å². The van der Waals surface area contributed by atoms with Crippen molar-refractivity contribution in [1.82, 2.24) is 19.3 Å². The number of nitrogens with zero attached hydrogens (tertiary/aromatic N) is 3. The highest BCUT2D eigenvalue weighted by molar-refractivity contribution is 14.2. The van der Waals surface area contributed by atoms with Crippen molar-refractivity contribution in [3.05, 3.63) is 30.4 Å². The fourth-order valence-electron chi connectivity index (χ4n) is 3.46. The molecule has 1 fully saturated rings. The predicted molar refractivity (Wildman–Crippen MR) is 129 cm³/mol. The average Bonchev–Trinajstić information content (AvgIpc) is 3.32. The number of fused-ring (bicyclic) bond motifs is 1. The molecule has 0 spiro atoms. The summed E-state index contributed by atoms with van der Waals surface area (Å²) >= 11 is 2.18. The van der Waals surface area contributed by atoms with Gasteiger partial charge in [0.15, 0.2) is 11.3 Å². The molecule has 1 saturated carbocycles. The first-order valence-electron chi connectivity index (χ1n) is 9.89. The second-order valence-corrected chi connectivity index (χ2v) is 10.2. The van der Waals surface area contributed by atoms with E-state index >= 15 is 0 Å². The molecule has 1 aliphatic carbocycles. The normalized spacial score (nSPS) is 18.2. The van der Waals surface area contributed by atoms with Crippen LogP contribution in [-0.4, -0.2) is 48.8 Å². The molecule has 3 heterocycles. The molecule has 10 nitrogen and oxygen atoms in total. The van der Waals surface area contributed by atoms with E-state index < -0.39 is 17.7 Å². The Hall–Kier alpha value is -2.48. The molecule has 1 amide bonds. The van der Waals surface area contributed by atoms with E-state index in [0.29, 0.717) is 5.56 Å². The number of hydrogen-bond acceptors (Lipinski definition) is 8. The Morgan fingerprint density at radius 2 is 2.09 bits per heavy atom. The molecular formula is C20H22IN5O5S. The fraction of sp³-hybridized carbons (Fsp3) is 0.400. The molecule has 3 N–H and O–H groups in total. The highest BCUT2D eigenvalue weighted by atomic mass is 127. The van der Waals surface area contributed by atoms with Crippen molar-refractivity contribution in [2.45, 2.75) is 51.3 Å². The Kier molecular flexibility index (Phi) is 6.25. The molecule has 0 aromatic carbocycles. The molecule has 3 aromatic rings. The van der Waals surface area contributed by atoms with Crippen molar-refractivity contribution in [3.63, 3.8) is 0 Å². The van der Waals surface area contributed by atoms with Crippen LogP contribution in [0.2, 0.25) is 0 Å². The van der Waals surface area contributed by atoms with Gasteiger partial charge in [0.25, 0.3) is 0 Å². The summed E-state index contributed by atoms with van der Waals surface area (Å²) in [5, 5.41) is 16.4. The lowest BCUT2D eigenvalue weighted by Crippen LogP contribution is -2.50. The topological polar surface area (TPSA) is 132 Å². The maximum atomic E-state index is 12.0. The summed E-state index contributed by atoms with van der Waals surface area (Å²) in [4.78, 5) is 31.8. The first-order valence-corrected chi connectivity index (χ1v) is 13.2. The van der Waals surface area contributed by atoms with E-state index in [1.165, 1.54) is 9.12 Å². The summed E-state index contributed by atoms with van der Waals surface area (Å²) in [6, 6.07) is 2.05. The minimum atomic E-state index is -1.16. The monoisotopic (exact) mass is 571 g/mol. The van der Waals surface area contributed by atoms with Crippen molar-refractivity contribution >= 4 is 59.1 Å². The minimum Gasteiger partial charge on any atom is -0.476 e. The van der Waals surface area contributed by atoms with Crippen LogP contribution in [0, 0.1) is 0 Å². The molecule has 170 valence electrons. The molecule has 0 bridgehead atoms. The smallest absolute Gasteiger partial charge is 0.407 e. The number of hydrogen-bond donors (Lipinski definition) is 3. The number of aromatic carboxylic acids is 1. The van der Waals surface area contributed by atoms with Crippen molar-refractivity contribution in [3.8, 4) is 11.5 Å². The number of amides is 1. The molecule has 0 aliphatic heterocycles. The fourth-order valence-corrected chi connectivity index (χ4v) is 4.74. The van der Waals surface area contributed by atoms with Crippen LogP contribution in [0.25, 0.3) is 22.5 Å². The minimum absolute atomic E-state index is 0.0120. The molecule has 0 atom stereocenters. The second kappa shape index (κ2) is 8.81. The van der Waals surface area contributed by atoms with E-state index in [9.17, 15) is 14.7 Å². The quantitative estimate of drug-likeness (QED) is 0.360. The number of nitrogens with one attached hydrogen (secondary N) is 2. The zero-order chi connectivity index (χ0) is 23.0. The number of rotatable bonds is 6. The number of oxazole rings is 1. The number of pyridine rings is 1. The third-order valence-corrected chi connectivity index (χ3v) is 6.63. The molecule has 1 aliphatic rings. The number of carbonyl (C=O) groups is 2. The number of carbonyl (C=O) groups excluding carboxylic acids is 1. The van der Waals surface area contributed by atoms with Gasteiger partial charge in [-0.15, -0.1) is 0 Å². The van der Waals surface area contributed by atoms with E-state index in [-0.39, 0.29) is 23.7 Å². The van der Waals surface area contributed by atoms with Gasteiger partial charge in [0.2, 0.25) is 5.89 Å². The lowest BCUT2D eigenvalue weighted by atomic mass is 9.86. The number of carboxylic acid groups (broad SMARTS) is 1. The van der Waals surface area contributed by atoms with Crippen LogP contribution in [0.5, 0.6) is 0 Å². The van der Waals surface area contributed by atoms with E-state index in [1.807, 2.05) is 37.0 Å². The maximum Gasteiger partial charge on any atom is 0.407 e. The zero-order valence-corrected chi connectivity index (χ0v) is 20.6. The van der Waals surface area contributed by atoms with E-state index in [2.05, 4.69) is 41.8 Å². The van der Waals surface area contributed by atoms with Gasteiger partial charge in [-0.1, -0.05) is 0 Å². The lowest BCUT2D eigenvalue weighted by Gasteiger charge is -2.37. The van der Waals surface area contributed by atoms with E-state index in [4.69, 9.17) is 9.15 Å². The number of halogens is 1. The second-order valence-electron chi connectivity index (χ2n) is 8.49. The average molecular weight is 571 g/mol. The van der Waals surface area contributed by atoms with Gasteiger partial charge in [0.1, 0.15) is 11.9 Å². The number of aromatic nitrogens is 3. The van der Waals surface area contributed by atoms with Crippen molar-refractivity contribution < 1.29 is 23.8 Å². The van der Waals surface area contributed by atoms with Crippen LogP contribution in [-0.2, 0) is 4.74 Å². The number of ether oxygens (including phenoxy) is 1. The molecule has 3 aromatic heterocycles. The number of alkyl carbamates (subject to hydrolysis) is 1. The van der Waals surface area contributed by atoms with Crippen LogP contribution >= 0.6 is 30.3 Å². The van der Waals surface area contributed by atoms with Crippen LogP contribution < -0.4 is 10.6 Å². The Labute approximate surface area is 200 Å². The molecule has 32 heavy (non-hydrogen) atoms. The van der Waals surface area contributed by atoms with E-state index in [0.717, 1.165) is 35.8 Å². The summed E-state index contributed by atoms with van der Waals surface area (Å²) in [6.45, 7) is 5.48. The standard InChI is InChI=1S/C20H22IN5O5S/c1-20(2,3)31-19(29)24-11-6-10(7-11)23-15-12-4-5-26(32-21)16(12)22-8-13(15)17-25-14(9-30-17)18(27)28/h4-5,8-11H,6-7H2,1-3H3,(H,22,23)(H,24,29)(H,27,28). The summed E-state index contributed by atoms with van der Waals surface area (Å²) in [5.74, 6) is -0.983. The van der Waals surface area contributed by atoms with Gasteiger partial charge in [-0.3, -0.25) is 3.97 Å². The SMILES string of the molecule is CC(C)(C)OC(=O)NC1CC(Nc2c(-c3nc(C(=O)O)co3)cnc3c2ccn3SI)C1. The first kappa shape index (κ1) is 22.7. The van der Waals surface area contributed by atoms with Crippen molar-refractivity contribution in [1.29, 1.82) is 0 Å². The van der Waals surface area contributed by atoms with Crippen molar-refractivity contribution in [2.75, 3.05) is 5.32 Å². The summed E-state index contributed by atoms with van der Waals surface area (Å²) in [7, 11) is 1.49. The van der Waals surface area contributed by atoms with Gasteiger partial charge in [0.05, 0.1) is 11.3 Å². The molecule has 0 unspecified atom stereocenters. The van der Waals surface area contributed by atoms with Gasteiger partial charge >= 0.3 is 12.1 Å². The third kappa shape index (κ3) is 4.80.